The number of hydrogen-bond acceptors (Lipinski definition) is 5. The molecule has 1 fully saturated rings. The van der Waals surface area contributed by atoms with Crippen LogP contribution in [0.5, 0.6) is 5.75 Å². The topological polar surface area (TPSA) is 78.3 Å². The van der Waals surface area contributed by atoms with E-state index in [4.69, 9.17) is 9.47 Å². The van der Waals surface area contributed by atoms with Crippen LogP contribution in [0.15, 0.2) is 48.8 Å². The number of nitrogens with one attached hydrogen (secondary N) is 1. The maximum Gasteiger partial charge on any atom is 0.270 e. The lowest BCUT2D eigenvalue weighted by atomic mass is 10.0. The van der Waals surface area contributed by atoms with Gasteiger partial charge in [0.2, 0.25) is 0 Å². The molecule has 2 aliphatic rings. The molecule has 0 atom stereocenters. The van der Waals surface area contributed by atoms with Crippen LogP contribution in [-0.4, -0.2) is 46.5 Å². The Hall–Kier alpha value is -3.19. The predicted molar refractivity (Wildman–Crippen MR) is 111 cm³/mol. The van der Waals surface area contributed by atoms with Crippen LogP contribution in [0.2, 0.25) is 0 Å². The minimum absolute atomic E-state index is 0.119. The second-order valence-corrected chi connectivity index (χ2v) is 7.69. The molecule has 0 radical (unpaired) electrons. The van der Waals surface area contributed by atoms with Crippen LogP contribution in [-0.2, 0) is 17.6 Å². The first-order chi connectivity index (χ1) is 14.8. The fraction of sp³-hybridized carbons (Fsp3) is 0.348. The van der Waals surface area contributed by atoms with Gasteiger partial charge in [0.05, 0.1) is 18.0 Å². The van der Waals surface area contributed by atoms with Crippen molar-refractivity contribution in [1.29, 1.82) is 0 Å². The highest BCUT2D eigenvalue weighted by molar-refractivity contribution is 5.93. The number of amides is 1. The summed E-state index contributed by atoms with van der Waals surface area (Å²) >= 11 is 0. The molecule has 2 aliphatic heterocycles. The Labute approximate surface area is 175 Å². The minimum Gasteiger partial charge on any atom is -0.491 e. The molecule has 1 saturated heterocycles. The maximum atomic E-state index is 12.8. The van der Waals surface area contributed by atoms with Gasteiger partial charge in [0, 0.05) is 50.1 Å². The highest BCUT2D eigenvalue weighted by Gasteiger charge is 2.24. The van der Waals surface area contributed by atoms with E-state index < -0.39 is 0 Å². The summed E-state index contributed by atoms with van der Waals surface area (Å²) in [6.45, 7) is 1.99. The molecule has 1 aromatic carbocycles. The number of ether oxygens (including phenoxy) is 2. The number of aromatic nitrogens is 3. The molecule has 154 valence electrons. The Kier molecular flexibility index (Phi) is 5.19. The molecule has 30 heavy (non-hydrogen) atoms. The van der Waals surface area contributed by atoms with Gasteiger partial charge in [-0.2, -0.15) is 5.10 Å². The number of fused-ring (bicyclic) bond motifs is 1. The first-order valence-electron chi connectivity index (χ1n) is 10.4. The lowest BCUT2D eigenvalue weighted by Crippen LogP contribution is -2.39. The van der Waals surface area contributed by atoms with Gasteiger partial charge in [-0.1, -0.05) is 12.1 Å². The predicted octanol–water partition coefficient (Wildman–Crippen LogP) is 2.70. The van der Waals surface area contributed by atoms with Crippen molar-refractivity contribution in [1.82, 2.24) is 20.1 Å². The van der Waals surface area contributed by atoms with Crippen molar-refractivity contribution in [2.75, 3.05) is 19.8 Å². The van der Waals surface area contributed by atoms with Crippen LogP contribution >= 0.6 is 0 Å². The first-order valence-corrected chi connectivity index (χ1v) is 10.4. The highest BCUT2D eigenvalue weighted by atomic mass is 16.5. The van der Waals surface area contributed by atoms with E-state index in [1.807, 2.05) is 35.1 Å². The van der Waals surface area contributed by atoms with Gasteiger partial charge in [-0.3, -0.25) is 4.79 Å². The highest BCUT2D eigenvalue weighted by Crippen LogP contribution is 2.31. The van der Waals surface area contributed by atoms with Crippen molar-refractivity contribution in [3.8, 4) is 11.4 Å². The molecule has 0 spiro atoms. The standard InChI is InChI=1S/C23H24N4O3/c28-23(25-18-6-11-29-12-7-18)21-15-17(22-20(26-21)8-13-30-22)14-16-2-4-19(5-3-16)27-10-1-9-24-27/h1-5,9-10,15,18H,6-8,11-14H2,(H,25,28). The third-order valence-electron chi connectivity index (χ3n) is 5.59. The van der Waals surface area contributed by atoms with Crippen LogP contribution in [0.1, 0.15) is 40.2 Å². The van der Waals surface area contributed by atoms with E-state index in [1.54, 1.807) is 6.20 Å². The summed E-state index contributed by atoms with van der Waals surface area (Å²) < 4.78 is 13.0. The largest absolute Gasteiger partial charge is 0.491 e. The van der Waals surface area contributed by atoms with E-state index in [0.717, 1.165) is 47.5 Å². The van der Waals surface area contributed by atoms with Crippen LogP contribution in [0.4, 0.5) is 0 Å². The number of nitrogens with zero attached hydrogens (tertiary/aromatic N) is 3. The van der Waals surface area contributed by atoms with E-state index in [1.165, 1.54) is 0 Å². The van der Waals surface area contributed by atoms with E-state index in [-0.39, 0.29) is 11.9 Å². The number of pyridine rings is 1. The second-order valence-electron chi connectivity index (χ2n) is 7.69. The number of carbonyl (C=O) groups excluding carboxylic acids is 1. The normalized spacial score (nSPS) is 16.1. The molecule has 0 aliphatic carbocycles. The molecule has 1 amide bonds. The van der Waals surface area contributed by atoms with Gasteiger partial charge in [-0.05, 0) is 42.7 Å². The van der Waals surface area contributed by atoms with Crippen molar-refractivity contribution >= 4 is 5.91 Å². The Balaban J connectivity index is 1.37. The van der Waals surface area contributed by atoms with E-state index >= 15 is 0 Å². The lowest BCUT2D eigenvalue weighted by Gasteiger charge is -2.23. The fourth-order valence-electron chi connectivity index (χ4n) is 4.00. The first kappa shape index (κ1) is 18.8. The molecule has 0 bridgehead atoms. The van der Waals surface area contributed by atoms with Crippen molar-refractivity contribution in [3.63, 3.8) is 0 Å². The van der Waals surface area contributed by atoms with E-state index in [9.17, 15) is 4.79 Å². The van der Waals surface area contributed by atoms with Crippen LogP contribution in [0.3, 0.4) is 0 Å². The summed E-state index contributed by atoms with van der Waals surface area (Å²) in [4.78, 5) is 17.4. The van der Waals surface area contributed by atoms with Gasteiger partial charge in [0.25, 0.3) is 5.91 Å². The summed E-state index contributed by atoms with van der Waals surface area (Å²) in [6.07, 6.45) is 6.78. The van der Waals surface area contributed by atoms with Crippen molar-refractivity contribution in [3.05, 3.63) is 71.3 Å². The van der Waals surface area contributed by atoms with Gasteiger partial charge in [-0.25, -0.2) is 9.67 Å². The van der Waals surface area contributed by atoms with Gasteiger partial charge >= 0.3 is 0 Å². The smallest absolute Gasteiger partial charge is 0.270 e. The Bertz CT molecular complexity index is 1030. The van der Waals surface area contributed by atoms with Crippen LogP contribution < -0.4 is 10.1 Å². The molecule has 7 nitrogen and oxygen atoms in total. The third kappa shape index (κ3) is 3.93. The van der Waals surface area contributed by atoms with Gasteiger partial charge < -0.3 is 14.8 Å². The Morgan fingerprint density at radius 1 is 1.17 bits per heavy atom. The Morgan fingerprint density at radius 2 is 2.00 bits per heavy atom. The zero-order valence-corrected chi connectivity index (χ0v) is 16.7. The molecule has 1 N–H and O–H groups in total. The molecule has 3 aromatic rings. The van der Waals surface area contributed by atoms with Crippen LogP contribution in [0.25, 0.3) is 5.69 Å². The number of rotatable bonds is 5. The summed E-state index contributed by atoms with van der Waals surface area (Å²) in [5.41, 5.74) is 4.50. The van der Waals surface area contributed by atoms with E-state index in [0.29, 0.717) is 31.9 Å². The maximum absolute atomic E-state index is 12.8. The average molecular weight is 404 g/mol. The molecular formula is C23H24N4O3. The minimum atomic E-state index is -0.119. The Morgan fingerprint density at radius 3 is 2.77 bits per heavy atom. The second kappa shape index (κ2) is 8.28. The molecule has 7 heteroatoms. The van der Waals surface area contributed by atoms with Gasteiger partial charge in [0.15, 0.2) is 0 Å². The quantitative estimate of drug-likeness (QED) is 0.707. The van der Waals surface area contributed by atoms with Gasteiger partial charge in [-0.15, -0.1) is 0 Å². The zero-order valence-electron chi connectivity index (χ0n) is 16.7. The summed E-state index contributed by atoms with van der Waals surface area (Å²) in [7, 11) is 0. The van der Waals surface area contributed by atoms with E-state index in [2.05, 4.69) is 27.5 Å². The molecule has 2 aromatic heterocycles. The van der Waals surface area contributed by atoms with Crippen molar-refractivity contribution in [2.45, 2.75) is 31.7 Å². The number of carbonyl (C=O) groups is 1. The average Bonchev–Trinajstić information content (AvgIpc) is 3.47. The fourth-order valence-corrected chi connectivity index (χ4v) is 4.00. The summed E-state index contributed by atoms with van der Waals surface area (Å²) in [6, 6.07) is 12.2. The van der Waals surface area contributed by atoms with Crippen molar-refractivity contribution < 1.29 is 14.3 Å². The monoisotopic (exact) mass is 404 g/mol. The molecule has 0 saturated carbocycles. The molecule has 5 rings (SSSR count). The third-order valence-corrected chi connectivity index (χ3v) is 5.59. The molecular weight excluding hydrogens is 380 g/mol. The summed E-state index contributed by atoms with van der Waals surface area (Å²) in [5.74, 6) is 0.709. The van der Waals surface area contributed by atoms with Crippen molar-refractivity contribution in [2.24, 2.45) is 0 Å². The molecule has 0 unspecified atom stereocenters. The lowest BCUT2D eigenvalue weighted by molar-refractivity contribution is 0.0694. The summed E-state index contributed by atoms with van der Waals surface area (Å²) in [5, 5.41) is 7.37. The van der Waals surface area contributed by atoms with Gasteiger partial charge in [0.1, 0.15) is 11.4 Å². The number of benzene rings is 1. The van der Waals surface area contributed by atoms with Crippen LogP contribution in [0, 0.1) is 0 Å². The zero-order chi connectivity index (χ0) is 20.3. The number of hydrogen-bond donors (Lipinski definition) is 1. The molecule has 4 heterocycles. The SMILES string of the molecule is O=C(NC1CCOCC1)c1cc(Cc2ccc(-n3cccn3)cc2)c2c(n1)CCO2.